The molecule has 2 aromatic rings. The fraction of sp³-hybridized carbons (Fsp3) is 0.467. The minimum atomic E-state index is -0.883. The standard InChI is InChI=1S/C30H38O10/c1-16(2)37-26(34)20-15-22(32)18(13-23(20)40-28(36)30(7,8)9)12-17(3)25(33)39-24-14-19(10-11-21(24)31)38-27(35)29(4,5)6/h10-11,13-17,31-32H,12H2,1-9H3. The van der Waals surface area contributed by atoms with E-state index in [9.17, 15) is 29.4 Å². The molecule has 0 heterocycles. The molecule has 0 amide bonds. The van der Waals surface area contributed by atoms with E-state index in [1.54, 1.807) is 55.4 Å². The van der Waals surface area contributed by atoms with Crippen LogP contribution in [0.5, 0.6) is 28.7 Å². The van der Waals surface area contributed by atoms with E-state index in [1.807, 2.05) is 0 Å². The highest BCUT2D eigenvalue weighted by atomic mass is 16.6. The number of esters is 4. The number of aromatic hydroxyl groups is 2. The first-order chi connectivity index (χ1) is 18.3. The van der Waals surface area contributed by atoms with Gasteiger partial charge >= 0.3 is 23.9 Å². The Hall–Kier alpha value is -4.08. The van der Waals surface area contributed by atoms with Gasteiger partial charge in [-0.05, 0) is 91.6 Å². The highest BCUT2D eigenvalue weighted by Crippen LogP contribution is 2.34. The molecule has 10 nitrogen and oxygen atoms in total. The van der Waals surface area contributed by atoms with Crippen molar-refractivity contribution >= 4 is 23.9 Å². The summed E-state index contributed by atoms with van der Waals surface area (Å²) in [7, 11) is 0. The zero-order chi connectivity index (χ0) is 30.6. The van der Waals surface area contributed by atoms with Crippen molar-refractivity contribution in [3.8, 4) is 28.7 Å². The lowest BCUT2D eigenvalue weighted by atomic mass is 9.96. The maximum Gasteiger partial charge on any atom is 0.342 e. The topological polar surface area (TPSA) is 146 Å². The molecule has 0 radical (unpaired) electrons. The quantitative estimate of drug-likeness (QED) is 0.321. The number of hydrogen-bond acceptors (Lipinski definition) is 10. The zero-order valence-corrected chi connectivity index (χ0v) is 24.4. The van der Waals surface area contributed by atoms with Crippen LogP contribution in [0.15, 0.2) is 30.3 Å². The molecule has 0 aliphatic heterocycles. The summed E-state index contributed by atoms with van der Waals surface area (Å²) in [4.78, 5) is 50.3. The lowest BCUT2D eigenvalue weighted by Gasteiger charge is -2.20. The average Bonchev–Trinajstić information content (AvgIpc) is 2.81. The first-order valence-corrected chi connectivity index (χ1v) is 12.9. The van der Waals surface area contributed by atoms with E-state index in [-0.39, 0.29) is 46.3 Å². The van der Waals surface area contributed by atoms with Crippen LogP contribution in [-0.4, -0.2) is 40.2 Å². The highest BCUT2D eigenvalue weighted by molar-refractivity contribution is 5.94. The summed E-state index contributed by atoms with van der Waals surface area (Å²) in [6.07, 6.45) is -0.522. The molecule has 2 rings (SSSR count). The second-order valence-electron chi connectivity index (χ2n) is 11.9. The molecule has 0 spiro atoms. The number of rotatable bonds is 8. The Kier molecular flexibility index (Phi) is 9.96. The van der Waals surface area contributed by atoms with E-state index in [0.717, 1.165) is 6.07 Å². The molecule has 10 heteroatoms. The van der Waals surface area contributed by atoms with Crippen molar-refractivity contribution in [2.45, 2.75) is 74.8 Å². The molecule has 1 unspecified atom stereocenters. The van der Waals surface area contributed by atoms with Crippen LogP contribution in [-0.2, 0) is 25.5 Å². The molecular weight excluding hydrogens is 520 g/mol. The van der Waals surface area contributed by atoms with Gasteiger partial charge in [0.05, 0.1) is 22.9 Å². The summed E-state index contributed by atoms with van der Waals surface area (Å²) in [5.41, 5.74) is -1.59. The summed E-state index contributed by atoms with van der Waals surface area (Å²) in [5, 5.41) is 20.8. The second-order valence-corrected chi connectivity index (χ2v) is 11.9. The highest BCUT2D eigenvalue weighted by Gasteiger charge is 2.29. The first kappa shape index (κ1) is 32.1. The third-order valence-electron chi connectivity index (χ3n) is 5.45. The maximum absolute atomic E-state index is 12.9. The number of ether oxygens (including phenoxy) is 4. The lowest BCUT2D eigenvalue weighted by molar-refractivity contribution is -0.143. The van der Waals surface area contributed by atoms with E-state index in [0.29, 0.717) is 0 Å². The molecular formula is C30H38O10. The molecule has 0 aliphatic carbocycles. The number of benzene rings is 2. The van der Waals surface area contributed by atoms with Gasteiger partial charge in [0.25, 0.3) is 0 Å². The smallest absolute Gasteiger partial charge is 0.342 e. The summed E-state index contributed by atoms with van der Waals surface area (Å²) < 4.78 is 21.4. The summed E-state index contributed by atoms with van der Waals surface area (Å²) in [5.74, 6) is -4.44. The minimum absolute atomic E-state index is 0.0658. The Bertz CT molecular complexity index is 1280. The van der Waals surface area contributed by atoms with Gasteiger partial charge in [0.15, 0.2) is 11.5 Å². The molecule has 0 saturated carbocycles. The SMILES string of the molecule is CC(C)OC(=O)c1cc(O)c(CC(C)C(=O)Oc2cc(OC(=O)C(C)(C)C)ccc2O)cc1OC(=O)C(C)(C)C. The van der Waals surface area contributed by atoms with Crippen molar-refractivity contribution in [2.75, 3.05) is 0 Å². The van der Waals surface area contributed by atoms with E-state index in [4.69, 9.17) is 18.9 Å². The van der Waals surface area contributed by atoms with Gasteiger partial charge in [-0.3, -0.25) is 14.4 Å². The van der Waals surface area contributed by atoms with Crippen LogP contribution >= 0.6 is 0 Å². The molecule has 0 aromatic heterocycles. The van der Waals surface area contributed by atoms with Gasteiger partial charge < -0.3 is 29.2 Å². The summed E-state index contributed by atoms with van der Waals surface area (Å²) in [6, 6.07) is 6.26. The van der Waals surface area contributed by atoms with Crippen LogP contribution in [0.4, 0.5) is 0 Å². The van der Waals surface area contributed by atoms with Gasteiger partial charge in [0.2, 0.25) is 0 Å². The Morgan fingerprint density at radius 3 is 1.88 bits per heavy atom. The van der Waals surface area contributed by atoms with Crippen molar-refractivity contribution in [3.63, 3.8) is 0 Å². The molecule has 2 N–H and O–H groups in total. The zero-order valence-electron chi connectivity index (χ0n) is 24.4. The van der Waals surface area contributed by atoms with Crippen LogP contribution in [0, 0.1) is 16.7 Å². The Morgan fingerprint density at radius 2 is 1.32 bits per heavy atom. The van der Waals surface area contributed by atoms with Gasteiger partial charge in [0, 0.05) is 6.07 Å². The van der Waals surface area contributed by atoms with E-state index >= 15 is 0 Å². The number of hydrogen-bond donors (Lipinski definition) is 2. The van der Waals surface area contributed by atoms with Crippen LogP contribution in [0.2, 0.25) is 0 Å². The second kappa shape index (κ2) is 12.4. The minimum Gasteiger partial charge on any atom is -0.508 e. The van der Waals surface area contributed by atoms with Crippen LogP contribution in [0.3, 0.4) is 0 Å². The van der Waals surface area contributed by atoms with Crippen molar-refractivity contribution in [2.24, 2.45) is 16.7 Å². The van der Waals surface area contributed by atoms with Gasteiger partial charge in [0.1, 0.15) is 22.8 Å². The van der Waals surface area contributed by atoms with E-state index < -0.39 is 46.7 Å². The van der Waals surface area contributed by atoms with Crippen LogP contribution in [0.25, 0.3) is 0 Å². The number of phenols is 2. The van der Waals surface area contributed by atoms with Gasteiger partial charge in [-0.15, -0.1) is 0 Å². The summed E-state index contributed by atoms with van der Waals surface area (Å²) in [6.45, 7) is 14.8. The van der Waals surface area contributed by atoms with Crippen LogP contribution < -0.4 is 14.2 Å². The van der Waals surface area contributed by atoms with Gasteiger partial charge in [-0.25, -0.2) is 4.79 Å². The number of carbonyl (C=O) groups is 4. The third kappa shape index (κ3) is 8.72. The van der Waals surface area contributed by atoms with Gasteiger partial charge in [-0.2, -0.15) is 0 Å². The fourth-order valence-electron chi connectivity index (χ4n) is 3.07. The fourth-order valence-corrected chi connectivity index (χ4v) is 3.07. The molecule has 0 bridgehead atoms. The Labute approximate surface area is 234 Å². The predicted octanol–water partition coefficient (Wildman–Crippen LogP) is 5.35. The van der Waals surface area contributed by atoms with Crippen LogP contribution in [0.1, 0.15) is 78.2 Å². The lowest BCUT2D eigenvalue weighted by Crippen LogP contribution is -2.27. The Morgan fingerprint density at radius 1 is 0.750 bits per heavy atom. The molecule has 1 atom stereocenters. The van der Waals surface area contributed by atoms with Gasteiger partial charge in [-0.1, -0.05) is 6.92 Å². The number of phenolic OH excluding ortho intramolecular Hbond substituents is 2. The maximum atomic E-state index is 12.9. The first-order valence-electron chi connectivity index (χ1n) is 12.9. The van der Waals surface area contributed by atoms with Crippen molar-refractivity contribution < 1.29 is 48.3 Å². The average molecular weight is 559 g/mol. The van der Waals surface area contributed by atoms with E-state index in [2.05, 4.69) is 0 Å². The monoisotopic (exact) mass is 558 g/mol. The van der Waals surface area contributed by atoms with Crippen molar-refractivity contribution in [1.82, 2.24) is 0 Å². The summed E-state index contributed by atoms with van der Waals surface area (Å²) >= 11 is 0. The number of carbonyl (C=O) groups excluding carboxylic acids is 4. The van der Waals surface area contributed by atoms with E-state index in [1.165, 1.54) is 31.2 Å². The largest absolute Gasteiger partial charge is 0.508 e. The third-order valence-corrected chi connectivity index (χ3v) is 5.45. The molecule has 2 aromatic carbocycles. The molecule has 0 fully saturated rings. The molecule has 0 saturated heterocycles. The molecule has 0 aliphatic rings. The molecule has 218 valence electrons. The predicted molar refractivity (Wildman–Crippen MR) is 145 cm³/mol. The molecule has 40 heavy (non-hydrogen) atoms. The normalized spacial score (nSPS) is 12.4. The van der Waals surface area contributed by atoms with Crippen molar-refractivity contribution in [3.05, 3.63) is 41.5 Å². The Balaban J connectivity index is 2.30. The van der Waals surface area contributed by atoms with Crippen molar-refractivity contribution in [1.29, 1.82) is 0 Å².